The van der Waals surface area contributed by atoms with E-state index in [2.05, 4.69) is 0 Å². The minimum atomic E-state index is 0.0511. The Kier molecular flexibility index (Phi) is 3.94. The van der Waals surface area contributed by atoms with Crippen molar-refractivity contribution in [1.82, 2.24) is 4.90 Å². The van der Waals surface area contributed by atoms with Gasteiger partial charge in [0.05, 0.1) is 6.42 Å². The summed E-state index contributed by atoms with van der Waals surface area (Å²) in [7, 11) is 0. The normalized spacial score (nSPS) is 20.6. The lowest BCUT2D eigenvalue weighted by Crippen LogP contribution is -2.44. The van der Waals surface area contributed by atoms with Crippen LogP contribution in [0.1, 0.15) is 25.3 Å². The maximum atomic E-state index is 12.1. The number of thiophene rings is 1. The predicted octanol–water partition coefficient (Wildman–Crippen LogP) is 2.12. The molecule has 1 unspecified atom stereocenters. The number of Topliss-reactive ketones (excluding diaryl/α,β-unsaturated/α-hetero) is 1. The molecule has 1 fully saturated rings. The second kappa shape index (κ2) is 5.45. The number of piperidine rings is 1. The molecule has 0 radical (unpaired) electrons. The molecule has 0 bridgehead atoms. The number of likely N-dealkylation sites (tertiary alicyclic amines) is 1. The van der Waals surface area contributed by atoms with Crippen molar-refractivity contribution < 1.29 is 9.59 Å². The van der Waals surface area contributed by atoms with Crippen LogP contribution in [0.15, 0.2) is 16.8 Å². The summed E-state index contributed by atoms with van der Waals surface area (Å²) >= 11 is 1.61. The Balaban J connectivity index is 1.94. The van der Waals surface area contributed by atoms with Gasteiger partial charge in [-0.05, 0) is 28.8 Å². The van der Waals surface area contributed by atoms with Gasteiger partial charge in [0, 0.05) is 25.4 Å². The molecule has 1 aliphatic rings. The van der Waals surface area contributed by atoms with E-state index in [9.17, 15) is 9.59 Å². The van der Waals surface area contributed by atoms with Gasteiger partial charge in [-0.25, -0.2) is 0 Å². The fraction of sp³-hybridized carbons (Fsp3) is 0.538. The number of ketones is 1. The molecule has 1 saturated heterocycles. The molecule has 1 aromatic heterocycles. The molecule has 0 spiro atoms. The van der Waals surface area contributed by atoms with Gasteiger partial charge in [-0.2, -0.15) is 11.3 Å². The van der Waals surface area contributed by atoms with Gasteiger partial charge in [-0.3, -0.25) is 9.59 Å². The van der Waals surface area contributed by atoms with Crippen LogP contribution < -0.4 is 0 Å². The van der Waals surface area contributed by atoms with E-state index >= 15 is 0 Å². The van der Waals surface area contributed by atoms with E-state index in [0.29, 0.717) is 31.7 Å². The van der Waals surface area contributed by atoms with E-state index in [1.54, 1.807) is 11.3 Å². The third-order valence-electron chi connectivity index (χ3n) is 3.31. The number of rotatable bonds is 3. The number of carbonyl (C=O) groups is 2. The van der Waals surface area contributed by atoms with E-state index in [0.717, 1.165) is 12.0 Å². The van der Waals surface area contributed by atoms with E-state index in [4.69, 9.17) is 0 Å². The SMILES string of the molecule is CCC1CN(C(=O)Cc2ccsc2)CCC1=O. The molecule has 3 nitrogen and oxygen atoms in total. The molecular formula is C13H17NO2S. The van der Waals surface area contributed by atoms with Crippen LogP contribution in [-0.4, -0.2) is 29.7 Å². The van der Waals surface area contributed by atoms with Gasteiger partial charge >= 0.3 is 0 Å². The van der Waals surface area contributed by atoms with Crippen molar-refractivity contribution in [2.75, 3.05) is 13.1 Å². The van der Waals surface area contributed by atoms with Crippen LogP contribution in [-0.2, 0) is 16.0 Å². The highest BCUT2D eigenvalue weighted by Crippen LogP contribution is 2.17. The zero-order valence-electron chi connectivity index (χ0n) is 10.0. The maximum Gasteiger partial charge on any atom is 0.227 e. The summed E-state index contributed by atoms with van der Waals surface area (Å²) in [4.78, 5) is 25.5. The monoisotopic (exact) mass is 251 g/mol. The summed E-state index contributed by atoms with van der Waals surface area (Å²) in [5.74, 6) is 0.511. The van der Waals surface area contributed by atoms with E-state index in [-0.39, 0.29) is 11.8 Å². The molecule has 1 amide bonds. The summed E-state index contributed by atoms with van der Waals surface area (Å²) in [5.41, 5.74) is 1.07. The Morgan fingerprint density at radius 3 is 3.06 bits per heavy atom. The van der Waals surface area contributed by atoms with Gasteiger partial charge in [0.25, 0.3) is 0 Å². The Labute approximate surface area is 105 Å². The predicted molar refractivity (Wildman–Crippen MR) is 68.0 cm³/mol. The van der Waals surface area contributed by atoms with Gasteiger partial charge in [0.2, 0.25) is 5.91 Å². The van der Waals surface area contributed by atoms with E-state index < -0.39 is 0 Å². The van der Waals surface area contributed by atoms with E-state index in [1.807, 2.05) is 28.7 Å². The van der Waals surface area contributed by atoms with Crippen LogP contribution in [0, 0.1) is 5.92 Å². The molecular weight excluding hydrogens is 234 g/mol. The Morgan fingerprint density at radius 2 is 2.41 bits per heavy atom. The molecule has 0 N–H and O–H groups in total. The minimum Gasteiger partial charge on any atom is -0.341 e. The van der Waals surface area contributed by atoms with Crippen molar-refractivity contribution in [2.24, 2.45) is 5.92 Å². The zero-order chi connectivity index (χ0) is 12.3. The van der Waals surface area contributed by atoms with Crippen molar-refractivity contribution >= 4 is 23.0 Å². The van der Waals surface area contributed by atoms with Gasteiger partial charge in [-0.15, -0.1) is 0 Å². The number of amides is 1. The fourth-order valence-electron chi connectivity index (χ4n) is 2.17. The smallest absolute Gasteiger partial charge is 0.227 e. The lowest BCUT2D eigenvalue weighted by Gasteiger charge is -2.31. The summed E-state index contributed by atoms with van der Waals surface area (Å²) in [5, 5.41) is 3.99. The average molecular weight is 251 g/mol. The van der Waals surface area contributed by atoms with E-state index in [1.165, 1.54) is 0 Å². The molecule has 0 aromatic carbocycles. The molecule has 1 atom stereocenters. The second-order valence-electron chi connectivity index (χ2n) is 4.47. The Morgan fingerprint density at radius 1 is 1.59 bits per heavy atom. The standard InChI is InChI=1S/C13H17NO2S/c1-2-11-8-14(5-3-12(11)15)13(16)7-10-4-6-17-9-10/h4,6,9,11H,2-3,5,7-8H2,1H3. The summed E-state index contributed by atoms with van der Waals surface area (Å²) in [6, 6.07) is 1.98. The van der Waals surface area contributed by atoms with Crippen molar-refractivity contribution in [3.05, 3.63) is 22.4 Å². The van der Waals surface area contributed by atoms with Crippen LogP contribution in [0.5, 0.6) is 0 Å². The van der Waals surface area contributed by atoms with Crippen molar-refractivity contribution in [1.29, 1.82) is 0 Å². The first-order valence-electron chi connectivity index (χ1n) is 6.02. The number of carbonyl (C=O) groups excluding carboxylic acids is 2. The quantitative estimate of drug-likeness (QED) is 0.825. The summed E-state index contributed by atoms with van der Waals surface area (Å²) < 4.78 is 0. The third-order valence-corrected chi connectivity index (χ3v) is 4.04. The first-order chi connectivity index (χ1) is 8.20. The molecule has 2 heterocycles. The highest BCUT2D eigenvalue weighted by molar-refractivity contribution is 7.07. The van der Waals surface area contributed by atoms with Crippen molar-refractivity contribution in [3.63, 3.8) is 0 Å². The zero-order valence-corrected chi connectivity index (χ0v) is 10.8. The average Bonchev–Trinajstić information content (AvgIpc) is 2.82. The molecule has 0 aliphatic carbocycles. The molecule has 4 heteroatoms. The molecule has 92 valence electrons. The second-order valence-corrected chi connectivity index (χ2v) is 5.25. The van der Waals surface area contributed by atoms with Gasteiger partial charge in [0.15, 0.2) is 0 Å². The highest BCUT2D eigenvalue weighted by atomic mass is 32.1. The van der Waals surface area contributed by atoms with Crippen LogP contribution in [0.2, 0.25) is 0 Å². The van der Waals surface area contributed by atoms with Crippen LogP contribution in [0.4, 0.5) is 0 Å². The van der Waals surface area contributed by atoms with Gasteiger partial charge < -0.3 is 4.90 Å². The topological polar surface area (TPSA) is 37.4 Å². The molecule has 17 heavy (non-hydrogen) atoms. The Bertz CT molecular complexity index is 400. The summed E-state index contributed by atoms with van der Waals surface area (Å²) in [6.07, 6.45) is 1.82. The third kappa shape index (κ3) is 2.94. The maximum absolute atomic E-state index is 12.1. The number of hydrogen-bond donors (Lipinski definition) is 0. The number of hydrogen-bond acceptors (Lipinski definition) is 3. The largest absolute Gasteiger partial charge is 0.341 e. The van der Waals surface area contributed by atoms with Gasteiger partial charge in [0.1, 0.15) is 5.78 Å². The fourth-order valence-corrected chi connectivity index (χ4v) is 2.84. The first kappa shape index (κ1) is 12.3. The highest BCUT2D eigenvalue weighted by Gasteiger charge is 2.28. The Hall–Kier alpha value is -1.16. The molecule has 2 rings (SSSR count). The lowest BCUT2D eigenvalue weighted by atomic mass is 9.94. The molecule has 1 aliphatic heterocycles. The summed E-state index contributed by atoms with van der Waals surface area (Å²) in [6.45, 7) is 3.21. The van der Waals surface area contributed by atoms with Crippen molar-refractivity contribution in [2.45, 2.75) is 26.2 Å². The molecule has 0 saturated carbocycles. The first-order valence-corrected chi connectivity index (χ1v) is 6.96. The number of nitrogens with zero attached hydrogens (tertiary/aromatic N) is 1. The van der Waals surface area contributed by atoms with Gasteiger partial charge in [-0.1, -0.05) is 6.92 Å². The van der Waals surface area contributed by atoms with Crippen molar-refractivity contribution in [3.8, 4) is 0 Å². The van der Waals surface area contributed by atoms with Crippen LogP contribution in [0.3, 0.4) is 0 Å². The molecule has 1 aromatic rings. The van der Waals surface area contributed by atoms with Crippen LogP contribution >= 0.6 is 11.3 Å². The van der Waals surface area contributed by atoms with Crippen LogP contribution in [0.25, 0.3) is 0 Å². The lowest BCUT2D eigenvalue weighted by molar-refractivity contribution is -0.136. The minimum absolute atomic E-state index is 0.0511.